The molecule has 0 bridgehead atoms. The zero-order valence-electron chi connectivity index (χ0n) is 13.9. The molecular formula is C18H18N2O4S. The van der Waals surface area contributed by atoms with Gasteiger partial charge < -0.3 is 14.8 Å². The zero-order valence-corrected chi connectivity index (χ0v) is 14.7. The topological polar surface area (TPSA) is 92.4 Å². The molecule has 0 aliphatic heterocycles. The van der Waals surface area contributed by atoms with Gasteiger partial charge in [-0.3, -0.25) is 4.79 Å². The predicted molar refractivity (Wildman–Crippen MR) is 95.7 cm³/mol. The van der Waals surface area contributed by atoms with Crippen LogP contribution >= 0.6 is 11.3 Å². The van der Waals surface area contributed by atoms with Gasteiger partial charge >= 0.3 is 5.97 Å². The number of carbonyl (C=O) groups excluding carboxylic acids is 1. The smallest absolute Gasteiger partial charge is 0.326 e. The number of aromatic nitrogens is 1. The van der Waals surface area contributed by atoms with Crippen LogP contribution in [-0.2, 0) is 4.79 Å². The maximum atomic E-state index is 12.3. The molecule has 0 radical (unpaired) electrons. The highest BCUT2D eigenvalue weighted by Gasteiger charge is 2.23. The van der Waals surface area contributed by atoms with E-state index in [2.05, 4.69) is 10.3 Å². The van der Waals surface area contributed by atoms with Crippen LogP contribution in [0.3, 0.4) is 0 Å². The van der Waals surface area contributed by atoms with Crippen molar-refractivity contribution in [1.82, 2.24) is 10.3 Å². The van der Waals surface area contributed by atoms with Crippen LogP contribution in [0.25, 0.3) is 21.0 Å². The molecule has 1 amide bonds. The van der Waals surface area contributed by atoms with Crippen molar-refractivity contribution in [2.45, 2.75) is 26.3 Å². The Labute approximate surface area is 148 Å². The van der Waals surface area contributed by atoms with E-state index in [9.17, 15) is 14.7 Å². The molecule has 1 aromatic carbocycles. The van der Waals surface area contributed by atoms with Crippen LogP contribution in [0.2, 0.25) is 0 Å². The van der Waals surface area contributed by atoms with Gasteiger partial charge in [0.15, 0.2) is 16.5 Å². The summed E-state index contributed by atoms with van der Waals surface area (Å²) in [6, 6.07) is 9.99. The summed E-state index contributed by atoms with van der Waals surface area (Å²) in [5, 5.41) is 12.4. The number of fused-ring (bicyclic) bond motifs is 1. The molecule has 0 fully saturated rings. The molecule has 3 rings (SSSR count). The Kier molecular flexibility index (Phi) is 4.85. The molecule has 7 heteroatoms. The van der Waals surface area contributed by atoms with Gasteiger partial charge in [0.25, 0.3) is 5.91 Å². The van der Waals surface area contributed by atoms with Crippen molar-refractivity contribution in [2.75, 3.05) is 0 Å². The maximum Gasteiger partial charge on any atom is 0.326 e. The average Bonchev–Trinajstić information content (AvgIpc) is 3.20. The Morgan fingerprint density at radius 1 is 1.24 bits per heavy atom. The summed E-state index contributed by atoms with van der Waals surface area (Å²) >= 11 is 1.47. The van der Waals surface area contributed by atoms with Crippen LogP contribution in [0, 0.1) is 5.92 Å². The van der Waals surface area contributed by atoms with E-state index >= 15 is 0 Å². The Balaban J connectivity index is 1.78. The normalized spacial score (nSPS) is 12.4. The molecule has 2 N–H and O–H groups in total. The van der Waals surface area contributed by atoms with Crippen LogP contribution in [0.4, 0.5) is 0 Å². The third-order valence-electron chi connectivity index (χ3n) is 3.64. The fourth-order valence-corrected chi connectivity index (χ4v) is 3.40. The molecule has 0 spiro atoms. The van der Waals surface area contributed by atoms with Crippen LogP contribution in [0.15, 0.2) is 40.8 Å². The van der Waals surface area contributed by atoms with Crippen molar-refractivity contribution in [2.24, 2.45) is 5.92 Å². The molecule has 130 valence electrons. The minimum absolute atomic E-state index is 0.0734. The van der Waals surface area contributed by atoms with Crippen LogP contribution in [0.1, 0.15) is 30.8 Å². The second-order valence-corrected chi connectivity index (χ2v) is 7.18. The first-order chi connectivity index (χ1) is 11.9. The van der Waals surface area contributed by atoms with Gasteiger partial charge in [0.1, 0.15) is 6.04 Å². The van der Waals surface area contributed by atoms with Gasteiger partial charge in [-0.15, -0.1) is 11.3 Å². The Morgan fingerprint density at radius 2 is 2.00 bits per heavy atom. The fraction of sp³-hybridized carbons (Fsp3) is 0.278. The lowest BCUT2D eigenvalue weighted by Gasteiger charge is -2.15. The van der Waals surface area contributed by atoms with E-state index in [4.69, 9.17) is 4.42 Å². The number of furan rings is 1. The van der Waals surface area contributed by atoms with E-state index in [1.165, 1.54) is 17.4 Å². The van der Waals surface area contributed by atoms with E-state index in [-0.39, 0.29) is 11.7 Å². The fourth-order valence-electron chi connectivity index (χ4n) is 2.47. The summed E-state index contributed by atoms with van der Waals surface area (Å²) in [5.74, 6) is -0.886. The molecule has 25 heavy (non-hydrogen) atoms. The van der Waals surface area contributed by atoms with E-state index < -0.39 is 17.9 Å². The number of thiazole rings is 1. The highest BCUT2D eigenvalue weighted by atomic mass is 32.1. The molecule has 0 saturated carbocycles. The molecule has 0 aliphatic carbocycles. The predicted octanol–water partition coefficient (Wildman–Crippen LogP) is 3.79. The van der Waals surface area contributed by atoms with Crippen molar-refractivity contribution in [3.05, 3.63) is 42.2 Å². The van der Waals surface area contributed by atoms with Crippen molar-refractivity contribution >= 4 is 33.4 Å². The summed E-state index contributed by atoms with van der Waals surface area (Å²) in [4.78, 5) is 28.0. The number of nitrogens with zero attached hydrogens (tertiary/aromatic N) is 1. The largest absolute Gasteiger partial charge is 0.480 e. The van der Waals surface area contributed by atoms with E-state index in [1.807, 2.05) is 38.1 Å². The van der Waals surface area contributed by atoms with Crippen molar-refractivity contribution in [1.29, 1.82) is 0 Å². The number of hydrogen-bond acceptors (Lipinski definition) is 5. The Hall–Kier alpha value is -2.67. The second-order valence-electron chi connectivity index (χ2n) is 6.14. The van der Waals surface area contributed by atoms with E-state index in [0.29, 0.717) is 17.2 Å². The molecule has 0 aliphatic rings. The third-order valence-corrected chi connectivity index (χ3v) is 4.70. The quantitative estimate of drug-likeness (QED) is 0.699. The summed E-state index contributed by atoms with van der Waals surface area (Å²) in [6.07, 6.45) is 0.354. The zero-order chi connectivity index (χ0) is 18.0. The van der Waals surface area contributed by atoms with Gasteiger partial charge in [0, 0.05) is 0 Å². The molecule has 1 atom stereocenters. The van der Waals surface area contributed by atoms with Gasteiger partial charge in [-0.05, 0) is 36.6 Å². The van der Waals surface area contributed by atoms with Crippen molar-refractivity contribution in [3.8, 4) is 10.8 Å². The number of benzene rings is 1. The third kappa shape index (κ3) is 3.88. The lowest BCUT2D eigenvalue weighted by Crippen LogP contribution is -2.41. The summed E-state index contributed by atoms with van der Waals surface area (Å²) in [5.41, 5.74) is 0.868. The molecule has 0 unspecified atom stereocenters. The number of carbonyl (C=O) groups is 2. The lowest BCUT2D eigenvalue weighted by atomic mass is 10.0. The first-order valence-electron chi connectivity index (χ1n) is 7.93. The molecule has 6 nitrogen and oxygen atoms in total. The standard InChI is InChI=1S/C18H18N2O4S/c1-10(2)9-12(18(22)23)19-16(21)13-7-8-14(24-13)17-20-11-5-3-4-6-15(11)25-17/h3-8,10,12H,9H2,1-2H3,(H,19,21)(H,22,23)/t12-/m1/s1. The summed E-state index contributed by atoms with van der Waals surface area (Å²) in [6.45, 7) is 3.81. The van der Waals surface area contributed by atoms with Gasteiger partial charge in [0.2, 0.25) is 0 Å². The van der Waals surface area contributed by atoms with Gasteiger partial charge in [-0.1, -0.05) is 26.0 Å². The molecular weight excluding hydrogens is 340 g/mol. The summed E-state index contributed by atoms with van der Waals surface area (Å²) < 4.78 is 6.62. The highest BCUT2D eigenvalue weighted by Crippen LogP contribution is 2.31. The minimum Gasteiger partial charge on any atom is -0.480 e. The number of rotatable bonds is 6. The Bertz CT molecular complexity index is 880. The number of hydrogen-bond donors (Lipinski definition) is 2. The van der Waals surface area contributed by atoms with E-state index in [1.54, 1.807) is 6.07 Å². The van der Waals surface area contributed by atoms with Crippen LogP contribution in [-0.4, -0.2) is 28.0 Å². The Morgan fingerprint density at radius 3 is 2.68 bits per heavy atom. The second kappa shape index (κ2) is 7.06. The first-order valence-corrected chi connectivity index (χ1v) is 8.75. The van der Waals surface area contributed by atoms with Gasteiger partial charge in [-0.25, -0.2) is 9.78 Å². The molecule has 2 heterocycles. The van der Waals surface area contributed by atoms with Gasteiger partial charge in [0.05, 0.1) is 10.2 Å². The SMILES string of the molecule is CC(C)C[C@@H](NC(=O)c1ccc(-c2nc3ccccc3s2)o1)C(=O)O. The number of carboxylic acids is 1. The lowest BCUT2D eigenvalue weighted by molar-refractivity contribution is -0.139. The maximum absolute atomic E-state index is 12.3. The van der Waals surface area contributed by atoms with Crippen molar-refractivity contribution in [3.63, 3.8) is 0 Å². The minimum atomic E-state index is -1.06. The van der Waals surface area contributed by atoms with Crippen molar-refractivity contribution < 1.29 is 19.1 Å². The first kappa shape index (κ1) is 17.2. The van der Waals surface area contributed by atoms with E-state index in [0.717, 1.165) is 10.2 Å². The number of amides is 1. The summed E-state index contributed by atoms with van der Waals surface area (Å²) in [7, 11) is 0. The average molecular weight is 358 g/mol. The monoisotopic (exact) mass is 358 g/mol. The number of aliphatic carboxylic acids is 1. The van der Waals surface area contributed by atoms with Gasteiger partial charge in [-0.2, -0.15) is 0 Å². The molecule has 3 aromatic rings. The number of para-hydroxylation sites is 1. The molecule has 0 saturated heterocycles. The van der Waals surface area contributed by atoms with Crippen LogP contribution < -0.4 is 5.32 Å². The molecule has 2 aromatic heterocycles. The van der Waals surface area contributed by atoms with Crippen LogP contribution in [0.5, 0.6) is 0 Å². The highest BCUT2D eigenvalue weighted by molar-refractivity contribution is 7.21. The number of nitrogens with one attached hydrogen (secondary N) is 1. The number of carboxylic acid groups (broad SMARTS) is 1.